The van der Waals surface area contributed by atoms with Gasteiger partial charge in [-0.15, -0.1) is 11.8 Å². The maximum Gasteiger partial charge on any atom is 0.434 e. The van der Waals surface area contributed by atoms with Crippen LogP contribution < -0.4 is 5.32 Å². The van der Waals surface area contributed by atoms with Crippen LogP contribution in [0.2, 0.25) is 5.02 Å². The van der Waals surface area contributed by atoms with Gasteiger partial charge in [-0.3, -0.25) is 9.48 Å². The topological polar surface area (TPSA) is 46.9 Å². The summed E-state index contributed by atoms with van der Waals surface area (Å²) >= 11 is 6.94. The number of anilines is 1. The normalized spacial score (nSPS) is 14.6. The molecule has 4 nitrogen and oxygen atoms in total. The number of hydrogen-bond donors (Lipinski definition) is 1. The first-order valence-corrected chi connectivity index (χ1v) is 7.61. The number of aryl methyl sites for hydroxylation is 1. The van der Waals surface area contributed by atoms with Crippen molar-refractivity contribution in [2.24, 2.45) is 7.05 Å². The van der Waals surface area contributed by atoms with Crippen LogP contribution in [-0.4, -0.2) is 21.4 Å². The van der Waals surface area contributed by atoms with E-state index in [0.717, 1.165) is 24.9 Å². The molecule has 1 aliphatic rings. The molecule has 2 heterocycles. The molecule has 1 amide bonds. The van der Waals surface area contributed by atoms with Crippen molar-refractivity contribution >= 4 is 35.0 Å². The molecule has 3 rings (SSSR count). The molecular weight excluding hydrogens is 358 g/mol. The SMILES string of the molecule is Cn1nc(-c2cc3c(cc2F)NC(=O)CS3)c(Cl)c1C(F)(F)F. The van der Waals surface area contributed by atoms with Gasteiger partial charge in [-0.25, -0.2) is 4.39 Å². The van der Waals surface area contributed by atoms with Crippen molar-refractivity contribution in [3.05, 3.63) is 28.7 Å². The Bertz CT molecular complexity index is 819. The fraction of sp³-hybridized carbons (Fsp3) is 0.231. The van der Waals surface area contributed by atoms with Gasteiger partial charge in [-0.1, -0.05) is 11.6 Å². The first-order chi connectivity index (χ1) is 10.7. The average Bonchev–Trinajstić information content (AvgIpc) is 2.72. The summed E-state index contributed by atoms with van der Waals surface area (Å²) in [5.74, 6) is -0.952. The number of carbonyl (C=O) groups excluding carboxylic acids is 1. The van der Waals surface area contributed by atoms with Gasteiger partial charge >= 0.3 is 6.18 Å². The zero-order valence-electron chi connectivity index (χ0n) is 11.5. The van der Waals surface area contributed by atoms with E-state index in [1.165, 1.54) is 6.07 Å². The molecule has 0 saturated carbocycles. The molecule has 122 valence electrons. The Morgan fingerprint density at radius 3 is 2.70 bits per heavy atom. The van der Waals surface area contributed by atoms with Crippen LogP contribution >= 0.6 is 23.4 Å². The lowest BCUT2D eigenvalue weighted by atomic mass is 10.1. The number of benzene rings is 1. The highest BCUT2D eigenvalue weighted by atomic mass is 35.5. The van der Waals surface area contributed by atoms with Gasteiger partial charge in [0, 0.05) is 17.5 Å². The van der Waals surface area contributed by atoms with Crippen molar-refractivity contribution in [2.45, 2.75) is 11.1 Å². The quantitative estimate of drug-likeness (QED) is 0.779. The van der Waals surface area contributed by atoms with E-state index in [1.54, 1.807) is 0 Å². The van der Waals surface area contributed by atoms with Crippen molar-refractivity contribution in [3.8, 4) is 11.3 Å². The predicted molar refractivity (Wildman–Crippen MR) is 78.0 cm³/mol. The number of nitrogens with zero attached hydrogens (tertiary/aromatic N) is 2. The minimum absolute atomic E-state index is 0.141. The molecule has 0 spiro atoms. The Morgan fingerprint density at radius 1 is 1.39 bits per heavy atom. The van der Waals surface area contributed by atoms with Crippen molar-refractivity contribution in [1.29, 1.82) is 0 Å². The van der Waals surface area contributed by atoms with Crippen molar-refractivity contribution in [1.82, 2.24) is 9.78 Å². The standard InChI is InChI=1S/C13H8ClF4N3OS/c1-21-12(13(16,17)18)10(14)11(20-21)5-2-8-7(3-6(5)15)19-9(22)4-23-8/h2-3H,4H2,1H3,(H,19,22). The maximum atomic E-state index is 14.3. The summed E-state index contributed by atoms with van der Waals surface area (Å²) in [7, 11) is 1.09. The molecule has 0 atom stereocenters. The summed E-state index contributed by atoms with van der Waals surface area (Å²) in [4.78, 5) is 11.8. The second-order valence-corrected chi connectivity index (χ2v) is 6.19. The van der Waals surface area contributed by atoms with E-state index in [4.69, 9.17) is 11.6 Å². The summed E-state index contributed by atoms with van der Waals surface area (Å²) < 4.78 is 53.7. The molecule has 1 aromatic carbocycles. The Balaban J connectivity index is 2.15. The fourth-order valence-corrected chi connectivity index (χ4v) is 3.45. The number of amides is 1. The van der Waals surface area contributed by atoms with Crippen LogP contribution in [0.15, 0.2) is 17.0 Å². The first-order valence-electron chi connectivity index (χ1n) is 6.24. The van der Waals surface area contributed by atoms with E-state index in [9.17, 15) is 22.4 Å². The third kappa shape index (κ3) is 2.78. The molecule has 0 radical (unpaired) electrons. The Kier molecular flexibility index (Phi) is 3.80. The molecule has 0 aliphatic carbocycles. The van der Waals surface area contributed by atoms with Crippen LogP contribution in [0.3, 0.4) is 0 Å². The van der Waals surface area contributed by atoms with Crippen LogP contribution in [0.5, 0.6) is 0 Å². The van der Waals surface area contributed by atoms with Gasteiger partial charge in [0.15, 0.2) is 5.69 Å². The molecule has 1 N–H and O–H groups in total. The summed E-state index contributed by atoms with van der Waals surface area (Å²) in [6.07, 6.45) is -4.70. The van der Waals surface area contributed by atoms with E-state index < -0.39 is 22.7 Å². The van der Waals surface area contributed by atoms with Gasteiger partial charge in [-0.05, 0) is 12.1 Å². The second-order valence-electron chi connectivity index (χ2n) is 4.80. The molecule has 1 aromatic heterocycles. The highest BCUT2D eigenvalue weighted by molar-refractivity contribution is 8.00. The number of fused-ring (bicyclic) bond motifs is 1. The number of alkyl halides is 3. The van der Waals surface area contributed by atoms with Crippen molar-refractivity contribution in [2.75, 3.05) is 11.1 Å². The van der Waals surface area contributed by atoms with E-state index >= 15 is 0 Å². The number of halogens is 5. The van der Waals surface area contributed by atoms with E-state index in [-0.39, 0.29) is 28.6 Å². The van der Waals surface area contributed by atoms with Crippen LogP contribution in [0.4, 0.5) is 23.2 Å². The largest absolute Gasteiger partial charge is 0.434 e. The fourth-order valence-electron chi connectivity index (χ4n) is 2.26. The maximum absolute atomic E-state index is 14.3. The van der Waals surface area contributed by atoms with Crippen LogP contribution in [-0.2, 0) is 18.0 Å². The summed E-state index contributed by atoms with van der Waals surface area (Å²) in [6, 6.07) is 2.39. The Hall–Kier alpha value is -1.74. The van der Waals surface area contributed by atoms with Gasteiger partial charge in [0.25, 0.3) is 0 Å². The predicted octanol–water partition coefficient (Wildman–Crippen LogP) is 3.94. The van der Waals surface area contributed by atoms with Gasteiger partial charge < -0.3 is 5.32 Å². The van der Waals surface area contributed by atoms with E-state index in [2.05, 4.69) is 10.4 Å². The van der Waals surface area contributed by atoms with Gasteiger partial charge in [0.1, 0.15) is 11.5 Å². The van der Waals surface area contributed by atoms with Crippen molar-refractivity contribution in [3.63, 3.8) is 0 Å². The molecule has 10 heteroatoms. The molecular formula is C13H8ClF4N3OS. The number of rotatable bonds is 1. The summed E-state index contributed by atoms with van der Waals surface area (Å²) in [5, 5.41) is 5.53. The lowest BCUT2D eigenvalue weighted by Gasteiger charge is -2.17. The highest BCUT2D eigenvalue weighted by Gasteiger charge is 2.39. The van der Waals surface area contributed by atoms with Crippen LogP contribution in [0.1, 0.15) is 5.69 Å². The molecule has 1 aliphatic heterocycles. The van der Waals surface area contributed by atoms with Crippen LogP contribution in [0, 0.1) is 5.82 Å². The smallest absolute Gasteiger partial charge is 0.324 e. The van der Waals surface area contributed by atoms with Gasteiger partial charge in [0.2, 0.25) is 5.91 Å². The molecule has 23 heavy (non-hydrogen) atoms. The number of carbonyl (C=O) groups is 1. The number of aromatic nitrogens is 2. The first kappa shape index (κ1) is 16.1. The summed E-state index contributed by atoms with van der Waals surface area (Å²) in [6.45, 7) is 0. The molecule has 0 fully saturated rings. The molecule has 0 saturated heterocycles. The number of nitrogens with one attached hydrogen (secondary N) is 1. The number of hydrogen-bond acceptors (Lipinski definition) is 3. The summed E-state index contributed by atoms with van der Waals surface area (Å²) in [5.41, 5.74) is -1.31. The monoisotopic (exact) mass is 365 g/mol. The minimum atomic E-state index is -4.70. The lowest BCUT2D eigenvalue weighted by Crippen LogP contribution is -2.18. The second kappa shape index (κ2) is 5.41. The van der Waals surface area contributed by atoms with E-state index in [1.807, 2.05) is 0 Å². The van der Waals surface area contributed by atoms with Gasteiger partial charge in [0.05, 0.1) is 16.5 Å². The zero-order chi connectivity index (χ0) is 16.9. The average molecular weight is 366 g/mol. The number of thioether (sulfide) groups is 1. The van der Waals surface area contributed by atoms with E-state index in [0.29, 0.717) is 9.58 Å². The lowest BCUT2D eigenvalue weighted by molar-refractivity contribution is -0.143. The molecule has 2 aromatic rings. The molecule has 0 bridgehead atoms. The minimum Gasteiger partial charge on any atom is -0.324 e. The van der Waals surface area contributed by atoms with Crippen molar-refractivity contribution < 1.29 is 22.4 Å². The molecule has 0 unspecified atom stereocenters. The van der Waals surface area contributed by atoms with Crippen LogP contribution in [0.25, 0.3) is 11.3 Å². The zero-order valence-corrected chi connectivity index (χ0v) is 13.0. The third-order valence-electron chi connectivity index (χ3n) is 3.22. The third-order valence-corrected chi connectivity index (χ3v) is 4.63. The Morgan fingerprint density at radius 2 is 2.09 bits per heavy atom. The Labute approximate surface area is 136 Å². The highest BCUT2D eigenvalue weighted by Crippen LogP contribution is 2.42. The van der Waals surface area contributed by atoms with Gasteiger partial charge in [-0.2, -0.15) is 18.3 Å².